The Bertz CT molecular complexity index is 600. The summed E-state index contributed by atoms with van der Waals surface area (Å²) in [5.41, 5.74) is 0.425. The van der Waals surface area contributed by atoms with Gasteiger partial charge in [-0.25, -0.2) is 4.98 Å². The fourth-order valence-electron chi connectivity index (χ4n) is 1.97. The van der Waals surface area contributed by atoms with E-state index in [1.165, 1.54) is 18.3 Å². The van der Waals surface area contributed by atoms with Gasteiger partial charge in [0, 0.05) is 13.0 Å². The standard InChI is InChI=1S/C14H13F3N2O/c1-2-13-18-7-12(9-20)19(13)8-10-3-5-11(6-4-10)14(15,16)17/h3-7,9H,2,8H2,1H3. The zero-order chi connectivity index (χ0) is 14.8. The first-order valence-electron chi connectivity index (χ1n) is 6.11. The van der Waals surface area contributed by atoms with Gasteiger partial charge in [0.25, 0.3) is 0 Å². The molecule has 1 heterocycles. The zero-order valence-corrected chi connectivity index (χ0v) is 10.8. The predicted octanol–water partition coefficient (Wildman–Crippen LogP) is 3.33. The Morgan fingerprint density at radius 3 is 2.40 bits per heavy atom. The lowest BCUT2D eigenvalue weighted by molar-refractivity contribution is -0.137. The van der Waals surface area contributed by atoms with Gasteiger partial charge in [0.15, 0.2) is 6.29 Å². The first kappa shape index (κ1) is 14.3. The number of hydrogen-bond donors (Lipinski definition) is 0. The third kappa shape index (κ3) is 2.89. The van der Waals surface area contributed by atoms with Crippen LogP contribution in [0.25, 0.3) is 0 Å². The highest BCUT2D eigenvalue weighted by Crippen LogP contribution is 2.29. The van der Waals surface area contributed by atoms with Crippen LogP contribution in [0.2, 0.25) is 0 Å². The third-order valence-corrected chi connectivity index (χ3v) is 3.03. The number of aromatic nitrogens is 2. The van der Waals surface area contributed by atoms with Crippen molar-refractivity contribution < 1.29 is 18.0 Å². The first-order chi connectivity index (χ1) is 9.45. The summed E-state index contributed by atoms with van der Waals surface area (Å²) in [6.07, 6.45) is -1.53. The number of nitrogens with zero attached hydrogens (tertiary/aromatic N) is 2. The average molecular weight is 282 g/mol. The smallest absolute Gasteiger partial charge is 0.321 e. The number of alkyl halides is 3. The van der Waals surface area contributed by atoms with Crippen molar-refractivity contribution in [3.63, 3.8) is 0 Å². The molecule has 0 aliphatic carbocycles. The highest BCUT2D eigenvalue weighted by atomic mass is 19.4. The van der Waals surface area contributed by atoms with Gasteiger partial charge in [-0.15, -0.1) is 0 Å². The van der Waals surface area contributed by atoms with Gasteiger partial charge in [0.05, 0.1) is 11.8 Å². The quantitative estimate of drug-likeness (QED) is 0.806. The van der Waals surface area contributed by atoms with Crippen LogP contribution < -0.4 is 0 Å². The minimum absolute atomic E-state index is 0.329. The van der Waals surface area contributed by atoms with Crippen LogP contribution in [0.4, 0.5) is 13.2 Å². The van der Waals surface area contributed by atoms with Crippen molar-refractivity contribution >= 4 is 6.29 Å². The molecule has 2 rings (SSSR count). The van der Waals surface area contributed by atoms with Crippen LogP contribution in [0.1, 0.15) is 34.4 Å². The molecule has 0 fully saturated rings. The molecule has 2 aromatic rings. The van der Waals surface area contributed by atoms with E-state index in [1.54, 1.807) is 4.57 Å². The fraction of sp³-hybridized carbons (Fsp3) is 0.286. The number of carbonyl (C=O) groups is 1. The van der Waals surface area contributed by atoms with Crippen LogP contribution in [0.5, 0.6) is 0 Å². The lowest BCUT2D eigenvalue weighted by Crippen LogP contribution is -2.09. The lowest BCUT2D eigenvalue weighted by atomic mass is 10.1. The molecule has 0 atom stereocenters. The summed E-state index contributed by atoms with van der Waals surface area (Å²) < 4.78 is 39.1. The van der Waals surface area contributed by atoms with Crippen molar-refractivity contribution in [3.8, 4) is 0 Å². The topological polar surface area (TPSA) is 34.9 Å². The molecule has 0 unspecified atom stereocenters. The average Bonchev–Trinajstić information content (AvgIpc) is 2.80. The second-order valence-electron chi connectivity index (χ2n) is 4.35. The number of aldehydes is 1. The molecule has 0 aliphatic rings. The van der Waals surface area contributed by atoms with E-state index in [-0.39, 0.29) is 0 Å². The highest BCUT2D eigenvalue weighted by Gasteiger charge is 2.29. The monoisotopic (exact) mass is 282 g/mol. The highest BCUT2D eigenvalue weighted by molar-refractivity contribution is 5.71. The fourth-order valence-corrected chi connectivity index (χ4v) is 1.97. The molecular formula is C14H13F3N2O. The minimum Gasteiger partial charge on any atom is -0.321 e. The summed E-state index contributed by atoms with van der Waals surface area (Å²) in [7, 11) is 0. The number of rotatable bonds is 4. The van der Waals surface area contributed by atoms with Gasteiger partial charge in [-0.05, 0) is 17.7 Å². The van der Waals surface area contributed by atoms with Crippen LogP contribution in [-0.4, -0.2) is 15.8 Å². The molecule has 1 aromatic heterocycles. The van der Waals surface area contributed by atoms with Gasteiger partial charge in [0.1, 0.15) is 11.5 Å². The molecule has 0 N–H and O–H groups in total. The van der Waals surface area contributed by atoms with Gasteiger partial charge in [0.2, 0.25) is 0 Å². The Kier molecular flexibility index (Phi) is 3.92. The molecule has 0 spiro atoms. The second-order valence-corrected chi connectivity index (χ2v) is 4.35. The van der Waals surface area contributed by atoms with Crippen LogP contribution in [0, 0.1) is 0 Å². The summed E-state index contributed by atoms with van der Waals surface area (Å²) in [4.78, 5) is 15.0. The molecule has 3 nitrogen and oxygen atoms in total. The van der Waals surface area contributed by atoms with E-state index >= 15 is 0 Å². The molecule has 1 aromatic carbocycles. The number of aryl methyl sites for hydroxylation is 1. The predicted molar refractivity (Wildman–Crippen MR) is 67.5 cm³/mol. The number of halogens is 3. The summed E-state index contributed by atoms with van der Waals surface area (Å²) in [6.45, 7) is 2.23. The largest absolute Gasteiger partial charge is 0.416 e. The maximum Gasteiger partial charge on any atom is 0.416 e. The Morgan fingerprint density at radius 2 is 1.90 bits per heavy atom. The lowest BCUT2D eigenvalue weighted by Gasteiger charge is -2.10. The summed E-state index contributed by atoms with van der Waals surface area (Å²) >= 11 is 0. The Balaban J connectivity index is 2.26. The van der Waals surface area contributed by atoms with Gasteiger partial charge >= 0.3 is 6.18 Å². The maximum atomic E-state index is 12.5. The van der Waals surface area contributed by atoms with E-state index in [0.717, 1.165) is 18.0 Å². The Labute approximate surface area is 114 Å². The van der Waals surface area contributed by atoms with E-state index in [9.17, 15) is 18.0 Å². The van der Waals surface area contributed by atoms with E-state index in [0.29, 0.717) is 30.5 Å². The minimum atomic E-state index is -4.34. The van der Waals surface area contributed by atoms with E-state index in [1.807, 2.05) is 6.92 Å². The van der Waals surface area contributed by atoms with Crippen molar-refractivity contribution in [3.05, 3.63) is 53.1 Å². The molecule has 0 amide bonds. The zero-order valence-electron chi connectivity index (χ0n) is 10.8. The molecular weight excluding hydrogens is 269 g/mol. The van der Waals surface area contributed by atoms with Crippen LogP contribution in [0.3, 0.4) is 0 Å². The van der Waals surface area contributed by atoms with Gasteiger partial charge in [-0.1, -0.05) is 19.1 Å². The Hall–Kier alpha value is -2.11. The Morgan fingerprint density at radius 1 is 1.25 bits per heavy atom. The van der Waals surface area contributed by atoms with Crippen molar-refractivity contribution in [2.75, 3.05) is 0 Å². The van der Waals surface area contributed by atoms with Crippen molar-refractivity contribution in [2.24, 2.45) is 0 Å². The van der Waals surface area contributed by atoms with Gasteiger partial charge < -0.3 is 4.57 Å². The molecule has 0 saturated carbocycles. The number of imidazole rings is 1. The van der Waals surface area contributed by atoms with Crippen molar-refractivity contribution in [1.82, 2.24) is 9.55 Å². The first-order valence-corrected chi connectivity index (χ1v) is 6.11. The van der Waals surface area contributed by atoms with E-state index in [4.69, 9.17) is 0 Å². The molecule has 0 bridgehead atoms. The van der Waals surface area contributed by atoms with Crippen molar-refractivity contribution in [2.45, 2.75) is 26.1 Å². The van der Waals surface area contributed by atoms with Gasteiger partial charge in [-0.3, -0.25) is 4.79 Å². The van der Waals surface area contributed by atoms with Crippen LogP contribution >= 0.6 is 0 Å². The molecule has 0 aliphatic heterocycles. The van der Waals surface area contributed by atoms with E-state index < -0.39 is 11.7 Å². The van der Waals surface area contributed by atoms with Crippen LogP contribution in [0.15, 0.2) is 30.5 Å². The molecule has 20 heavy (non-hydrogen) atoms. The summed E-state index contributed by atoms with van der Waals surface area (Å²) in [5.74, 6) is 0.729. The van der Waals surface area contributed by atoms with Crippen molar-refractivity contribution in [1.29, 1.82) is 0 Å². The third-order valence-electron chi connectivity index (χ3n) is 3.03. The summed E-state index contributed by atoms with van der Waals surface area (Å²) in [6, 6.07) is 4.91. The van der Waals surface area contributed by atoms with E-state index in [2.05, 4.69) is 4.98 Å². The molecule has 6 heteroatoms. The van der Waals surface area contributed by atoms with Gasteiger partial charge in [-0.2, -0.15) is 13.2 Å². The number of carbonyl (C=O) groups excluding carboxylic acids is 1. The summed E-state index contributed by atoms with van der Waals surface area (Å²) in [5, 5.41) is 0. The number of hydrogen-bond acceptors (Lipinski definition) is 2. The normalized spacial score (nSPS) is 11.6. The maximum absolute atomic E-state index is 12.5. The second kappa shape index (κ2) is 5.48. The molecule has 0 radical (unpaired) electrons. The SMILES string of the molecule is CCc1ncc(C=O)n1Cc1ccc(C(F)(F)F)cc1. The molecule has 106 valence electrons. The van der Waals surface area contributed by atoms with Crippen LogP contribution in [-0.2, 0) is 19.1 Å². The number of benzene rings is 1. The molecule has 0 saturated heterocycles.